The van der Waals surface area contributed by atoms with Gasteiger partial charge in [-0.3, -0.25) is 4.79 Å². The maximum absolute atomic E-state index is 11.9. The van der Waals surface area contributed by atoms with E-state index in [-0.39, 0.29) is 11.7 Å². The average molecular weight is 249 g/mol. The van der Waals surface area contributed by atoms with Crippen LogP contribution in [0.5, 0.6) is 0 Å². The molecule has 2 aliphatic rings. The highest BCUT2D eigenvalue weighted by Crippen LogP contribution is 2.44. The van der Waals surface area contributed by atoms with E-state index in [2.05, 4.69) is 11.4 Å². The maximum atomic E-state index is 11.9. The number of carbonyl (C=O) groups is 2. The number of Topliss-reactive ketones (excluding diaryl/α,β-unsaturated/α-hetero) is 1. The van der Waals surface area contributed by atoms with Crippen molar-refractivity contribution in [1.82, 2.24) is 5.32 Å². The van der Waals surface area contributed by atoms with Crippen molar-refractivity contribution in [1.29, 1.82) is 0 Å². The third-order valence-electron chi connectivity index (χ3n) is 3.80. The number of rotatable bonds is 1. The molecule has 18 heavy (non-hydrogen) atoms. The van der Waals surface area contributed by atoms with Crippen molar-refractivity contribution in [2.75, 3.05) is 7.11 Å². The molecule has 1 N–H and O–H groups in total. The fourth-order valence-electron chi connectivity index (χ4n) is 3.31. The van der Waals surface area contributed by atoms with E-state index < -0.39 is 11.6 Å². The number of ketones is 1. The number of nitrogens with one attached hydrogen (secondary N) is 1. The molecule has 0 aromatic carbocycles. The minimum Gasteiger partial charge on any atom is -0.453 e. The van der Waals surface area contributed by atoms with Gasteiger partial charge in [-0.15, -0.1) is 0 Å². The summed E-state index contributed by atoms with van der Waals surface area (Å²) in [5.74, 6) is 0.327. The van der Waals surface area contributed by atoms with Gasteiger partial charge in [0.05, 0.1) is 12.6 Å². The van der Waals surface area contributed by atoms with Gasteiger partial charge in [0, 0.05) is 18.8 Å². The summed E-state index contributed by atoms with van der Waals surface area (Å²) < 4.78 is 4.69. The molecule has 1 fully saturated rings. The van der Waals surface area contributed by atoms with Crippen LogP contribution in [0.1, 0.15) is 33.1 Å². The Balaban J connectivity index is 2.42. The Morgan fingerprint density at radius 3 is 2.89 bits per heavy atom. The van der Waals surface area contributed by atoms with Crippen LogP contribution < -0.4 is 5.32 Å². The molecule has 98 valence electrons. The Hall–Kier alpha value is -1.58. The molecule has 2 bridgehead atoms. The van der Waals surface area contributed by atoms with E-state index in [4.69, 9.17) is 4.74 Å². The molecule has 0 saturated heterocycles. The summed E-state index contributed by atoms with van der Waals surface area (Å²) in [6, 6.07) is 0. The summed E-state index contributed by atoms with van der Waals surface area (Å²) in [6.07, 6.45) is 5.28. The Kier molecular flexibility index (Phi) is 3.28. The topological polar surface area (TPSA) is 55.4 Å². The van der Waals surface area contributed by atoms with Crippen molar-refractivity contribution in [2.45, 2.75) is 38.6 Å². The number of fused-ring (bicyclic) bond motifs is 2. The van der Waals surface area contributed by atoms with Crippen molar-refractivity contribution in [2.24, 2.45) is 5.92 Å². The predicted octanol–water partition coefficient (Wildman–Crippen LogP) is 2.36. The lowest BCUT2D eigenvalue weighted by Crippen LogP contribution is -2.56. The smallest absolute Gasteiger partial charge is 0.407 e. The Morgan fingerprint density at radius 2 is 2.28 bits per heavy atom. The van der Waals surface area contributed by atoms with Crippen molar-refractivity contribution in [3.8, 4) is 0 Å². The molecule has 4 heteroatoms. The summed E-state index contributed by atoms with van der Waals surface area (Å²) in [7, 11) is 1.34. The molecular formula is C14H19NO3. The lowest BCUT2D eigenvalue weighted by Gasteiger charge is -2.46. The number of hydrogen-bond donors (Lipinski definition) is 1. The monoisotopic (exact) mass is 249 g/mol. The SMILES string of the molecule is C/C=C1\[C@H]2C=C(C)C[C@]1(NC(=O)OC)CC(=O)C2. The fraction of sp³-hybridized carbons (Fsp3) is 0.571. The van der Waals surface area contributed by atoms with E-state index in [0.717, 1.165) is 5.57 Å². The van der Waals surface area contributed by atoms with E-state index in [9.17, 15) is 9.59 Å². The van der Waals surface area contributed by atoms with Gasteiger partial charge < -0.3 is 10.1 Å². The molecule has 0 aromatic rings. The zero-order valence-corrected chi connectivity index (χ0v) is 11.1. The first-order valence-corrected chi connectivity index (χ1v) is 6.22. The van der Waals surface area contributed by atoms with E-state index >= 15 is 0 Å². The Morgan fingerprint density at radius 1 is 1.56 bits per heavy atom. The van der Waals surface area contributed by atoms with Gasteiger partial charge in [-0.1, -0.05) is 17.7 Å². The van der Waals surface area contributed by atoms with Crippen LogP contribution in [-0.4, -0.2) is 24.5 Å². The highest BCUT2D eigenvalue weighted by molar-refractivity contribution is 5.85. The minimum atomic E-state index is -0.569. The number of hydrogen-bond acceptors (Lipinski definition) is 3. The molecule has 1 amide bonds. The van der Waals surface area contributed by atoms with Crippen LogP contribution in [0.4, 0.5) is 4.79 Å². The van der Waals surface area contributed by atoms with Crippen LogP contribution in [-0.2, 0) is 9.53 Å². The van der Waals surface area contributed by atoms with Crippen LogP contribution in [0.15, 0.2) is 23.3 Å². The first kappa shape index (κ1) is 12.9. The summed E-state index contributed by atoms with van der Waals surface area (Å²) >= 11 is 0. The standard InChI is InChI=1S/C14H19NO3/c1-4-12-10-5-9(2)7-14(12,8-11(16)6-10)15-13(17)18-3/h4-5,10H,6-8H2,1-3H3,(H,15,17)/b12-4+/t10-,14-/m0/s1. The van der Waals surface area contributed by atoms with Crippen LogP contribution in [0.3, 0.4) is 0 Å². The highest BCUT2D eigenvalue weighted by Gasteiger charge is 2.47. The zero-order valence-electron chi connectivity index (χ0n) is 11.1. The number of methoxy groups -OCH3 is 1. The lowest BCUT2D eigenvalue weighted by atomic mass is 9.64. The van der Waals surface area contributed by atoms with E-state index in [0.29, 0.717) is 19.3 Å². The van der Waals surface area contributed by atoms with E-state index in [1.807, 2.05) is 19.9 Å². The summed E-state index contributed by atoms with van der Waals surface area (Å²) in [4.78, 5) is 23.4. The molecule has 0 radical (unpaired) electrons. The van der Waals surface area contributed by atoms with Crippen LogP contribution >= 0.6 is 0 Å². The Labute approximate surface area is 107 Å². The molecule has 0 spiro atoms. The number of allylic oxidation sites excluding steroid dienone is 2. The second-order valence-corrected chi connectivity index (χ2v) is 5.16. The van der Waals surface area contributed by atoms with Crippen molar-refractivity contribution in [3.05, 3.63) is 23.3 Å². The van der Waals surface area contributed by atoms with Gasteiger partial charge in [-0.2, -0.15) is 0 Å². The fourth-order valence-corrected chi connectivity index (χ4v) is 3.31. The molecule has 0 aromatic heterocycles. The third kappa shape index (κ3) is 2.07. The van der Waals surface area contributed by atoms with Gasteiger partial charge in [-0.05, 0) is 25.8 Å². The van der Waals surface area contributed by atoms with Crippen molar-refractivity contribution < 1.29 is 14.3 Å². The van der Waals surface area contributed by atoms with Gasteiger partial charge in [0.15, 0.2) is 0 Å². The largest absolute Gasteiger partial charge is 0.453 e. The summed E-state index contributed by atoms with van der Waals surface area (Å²) in [6.45, 7) is 4.00. The van der Waals surface area contributed by atoms with Gasteiger partial charge in [0.25, 0.3) is 0 Å². The Bertz CT molecular complexity index is 450. The van der Waals surface area contributed by atoms with Crippen molar-refractivity contribution >= 4 is 11.9 Å². The molecule has 2 rings (SSSR count). The van der Waals surface area contributed by atoms with E-state index in [1.165, 1.54) is 12.7 Å². The molecular weight excluding hydrogens is 230 g/mol. The molecule has 2 aliphatic carbocycles. The van der Waals surface area contributed by atoms with Crippen LogP contribution in [0.25, 0.3) is 0 Å². The summed E-state index contributed by atoms with van der Waals surface area (Å²) in [5, 5.41) is 2.88. The maximum Gasteiger partial charge on any atom is 0.407 e. The second-order valence-electron chi connectivity index (χ2n) is 5.16. The van der Waals surface area contributed by atoms with Gasteiger partial charge in [0.2, 0.25) is 0 Å². The van der Waals surface area contributed by atoms with Crippen molar-refractivity contribution in [3.63, 3.8) is 0 Å². The second kappa shape index (κ2) is 4.59. The molecule has 4 nitrogen and oxygen atoms in total. The number of carbonyl (C=O) groups excluding carboxylic acids is 2. The quantitative estimate of drug-likeness (QED) is 0.726. The molecule has 0 unspecified atom stereocenters. The third-order valence-corrected chi connectivity index (χ3v) is 3.80. The normalized spacial score (nSPS) is 33.1. The number of amides is 1. The number of alkyl carbamates (subject to hydrolysis) is 1. The summed E-state index contributed by atoms with van der Waals surface area (Å²) in [5.41, 5.74) is 1.79. The zero-order chi connectivity index (χ0) is 13.3. The minimum absolute atomic E-state index is 0.127. The molecule has 2 atom stereocenters. The first-order valence-electron chi connectivity index (χ1n) is 6.22. The van der Waals surface area contributed by atoms with Crippen LogP contribution in [0, 0.1) is 5.92 Å². The van der Waals surface area contributed by atoms with Crippen LogP contribution in [0.2, 0.25) is 0 Å². The van der Waals surface area contributed by atoms with Gasteiger partial charge in [0.1, 0.15) is 5.78 Å². The average Bonchev–Trinajstić information content (AvgIpc) is 2.26. The van der Waals surface area contributed by atoms with E-state index in [1.54, 1.807) is 0 Å². The lowest BCUT2D eigenvalue weighted by molar-refractivity contribution is -0.122. The van der Waals surface area contributed by atoms with Gasteiger partial charge >= 0.3 is 6.09 Å². The molecule has 1 saturated carbocycles. The predicted molar refractivity (Wildman–Crippen MR) is 68.1 cm³/mol. The van der Waals surface area contributed by atoms with Gasteiger partial charge in [-0.25, -0.2) is 4.79 Å². The highest BCUT2D eigenvalue weighted by atomic mass is 16.5. The number of ether oxygens (including phenoxy) is 1. The first-order chi connectivity index (χ1) is 8.50. The molecule has 0 aliphatic heterocycles. The molecule has 0 heterocycles.